The molecule has 0 unspecified atom stereocenters. The molecule has 0 aliphatic heterocycles. The molecule has 0 spiro atoms. The van der Waals surface area contributed by atoms with Gasteiger partial charge in [0.15, 0.2) is 0 Å². The van der Waals surface area contributed by atoms with Gasteiger partial charge in [-0.2, -0.15) is 4.98 Å². The zero-order valence-corrected chi connectivity index (χ0v) is 11.5. The van der Waals surface area contributed by atoms with Crippen LogP contribution in [0.3, 0.4) is 0 Å². The van der Waals surface area contributed by atoms with E-state index >= 15 is 0 Å². The van der Waals surface area contributed by atoms with Gasteiger partial charge in [0.25, 0.3) is 5.88 Å². The molecule has 1 heterocycles. The molecule has 1 aromatic carbocycles. The first-order valence-corrected chi connectivity index (χ1v) is 6.00. The van der Waals surface area contributed by atoms with Crippen molar-refractivity contribution in [3.63, 3.8) is 0 Å². The van der Waals surface area contributed by atoms with Crippen molar-refractivity contribution in [2.24, 2.45) is 0 Å². The number of hydrogen-bond donors (Lipinski definition) is 1. The second-order valence-electron chi connectivity index (χ2n) is 3.89. The number of carbonyl (C=O) groups is 1. The lowest BCUT2D eigenvalue weighted by Gasteiger charge is -2.18. The Hall–Kier alpha value is -2.96. The Morgan fingerprint density at radius 1 is 1.10 bits per heavy atom. The van der Waals surface area contributed by atoms with Gasteiger partial charge < -0.3 is 19.4 Å². The van der Waals surface area contributed by atoms with Crippen LogP contribution in [-0.2, 0) is 0 Å². The van der Waals surface area contributed by atoms with E-state index in [0.717, 1.165) is 0 Å². The number of para-hydroxylation sites is 1. The van der Waals surface area contributed by atoms with Crippen LogP contribution in [0.15, 0.2) is 42.5 Å². The maximum Gasteiger partial charge on any atom is 0.445 e. The number of aromatic nitrogens is 1. The van der Waals surface area contributed by atoms with Crippen LogP contribution in [0.2, 0.25) is 0 Å². The van der Waals surface area contributed by atoms with Gasteiger partial charge in [-0.25, -0.2) is 4.79 Å². The smallest absolute Gasteiger partial charge is 0.445 e. The summed E-state index contributed by atoms with van der Waals surface area (Å²) in [5.41, 5.74) is 0.355. The molecule has 21 heavy (non-hydrogen) atoms. The van der Waals surface area contributed by atoms with Crippen LogP contribution in [0.25, 0.3) is 0 Å². The summed E-state index contributed by atoms with van der Waals surface area (Å²) in [5, 5.41) is 9.96. The third-order valence-corrected chi connectivity index (χ3v) is 2.55. The second-order valence-corrected chi connectivity index (χ2v) is 3.89. The lowest BCUT2D eigenvalue weighted by molar-refractivity contribution is 0.165. The van der Waals surface area contributed by atoms with Crippen LogP contribution in [0.4, 0.5) is 10.5 Å². The number of hydrogen-bond acceptors (Lipinski definition) is 5. The lowest BCUT2D eigenvalue weighted by atomic mass is 10.3. The number of pyridine rings is 1. The Morgan fingerprint density at radius 3 is 2.33 bits per heavy atom. The third kappa shape index (κ3) is 3.53. The Labute approximate surface area is 121 Å². The molecule has 0 fully saturated rings. The fraction of sp³-hybridized carbons (Fsp3) is 0.143. The number of carboxylic acid groups (broad SMARTS) is 1. The minimum absolute atomic E-state index is 0.0393. The predicted octanol–water partition coefficient (Wildman–Crippen LogP) is 2.58. The van der Waals surface area contributed by atoms with Gasteiger partial charge in [-0.15, -0.1) is 5.06 Å². The molecule has 7 heteroatoms. The number of anilines is 1. The summed E-state index contributed by atoms with van der Waals surface area (Å²) in [7, 11) is 2.92. The highest BCUT2D eigenvalue weighted by Crippen LogP contribution is 2.25. The highest BCUT2D eigenvalue weighted by Gasteiger charge is 2.18. The van der Waals surface area contributed by atoms with Gasteiger partial charge in [0, 0.05) is 12.1 Å². The van der Waals surface area contributed by atoms with E-state index in [1.807, 2.05) is 0 Å². The molecule has 0 aliphatic carbocycles. The van der Waals surface area contributed by atoms with Crippen LogP contribution in [0.1, 0.15) is 0 Å². The maximum atomic E-state index is 11.3. The van der Waals surface area contributed by atoms with E-state index in [4.69, 9.17) is 14.3 Å². The Balaban J connectivity index is 2.31. The Morgan fingerprint density at radius 2 is 1.76 bits per heavy atom. The maximum absolute atomic E-state index is 11.3. The van der Waals surface area contributed by atoms with E-state index in [0.29, 0.717) is 16.5 Å². The summed E-state index contributed by atoms with van der Waals surface area (Å²) in [6, 6.07) is 11.4. The van der Waals surface area contributed by atoms with Crippen molar-refractivity contribution in [2.45, 2.75) is 0 Å². The van der Waals surface area contributed by atoms with Crippen molar-refractivity contribution in [1.29, 1.82) is 0 Å². The SMILES string of the molecule is COc1cc(OC)nc(ON(C(=O)O)c2ccccc2)c1. The molecule has 0 radical (unpaired) electrons. The standard InChI is InChI=1S/C14H14N2O5/c1-19-11-8-12(20-2)15-13(9-11)21-16(14(17)18)10-6-4-3-5-7-10/h3-9H,1-2H3,(H,17,18). The van der Waals surface area contributed by atoms with E-state index in [-0.39, 0.29) is 11.8 Å². The van der Waals surface area contributed by atoms with E-state index in [2.05, 4.69) is 4.98 Å². The topological polar surface area (TPSA) is 81.1 Å². The molecule has 0 aliphatic rings. The largest absolute Gasteiger partial charge is 0.496 e. The van der Waals surface area contributed by atoms with Crippen molar-refractivity contribution >= 4 is 11.8 Å². The van der Waals surface area contributed by atoms with Gasteiger partial charge in [0.05, 0.1) is 19.9 Å². The van der Waals surface area contributed by atoms with E-state index < -0.39 is 6.09 Å². The first-order chi connectivity index (χ1) is 10.1. The molecule has 0 atom stereocenters. The van der Waals surface area contributed by atoms with E-state index in [9.17, 15) is 9.90 Å². The number of benzene rings is 1. The molecule has 7 nitrogen and oxygen atoms in total. The molecule has 1 amide bonds. The molecule has 1 N–H and O–H groups in total. The number of methoxy groups -OCH3 is 2. The van der Waals surface area contributed by atoms with Crippen LogP contribution >= 0.6 is 0 Å². The van der Waals surface area contributed by atoms with Crippen LogP contribution < -0.4 is 19.4 Å². The molecule has 0 bridgehead atoms. The number of hydroxylamine groups is 1. The predicted molar refractivity (Wildman–Crippen MR) is 74.9 cm³/mol. The first-order valence-electron chi connectivity index (χ1n) is 6.00. The number of rotatable bonds is 5. The summed E-state index contributed by atoms with van der Waals surface area (Å²) < 4.78 is 10.1. The van der Waals surface area contributed by atoms with Gasteiger partial charge in [0.1, 0.15) is 5.75 Å². The monoisotopic (exact) mass is 290 g/mol. The fourth-order valence-corrected chi connectivity index (χ4v) is 1.59. The van der Waals surface area contributed by atoms with Crippen LogP contribution in [0, 0.1) is 0 Å². The molecule has 1 aromatic heterocycles. The summed E-state index contributed by atoms with van der Waals surface area (Å²) >= 11 is 0. The molecule has 110 valence electrons. The quantitative estimate of drug-likeness (QED) is 0.852. The highest BCUT2D eigenvalue weighted by atomic mass is 16.7. The fourth-order valence-electron chi connectivity index (χ4n) is 1.59. The van der Waals surface area contributed by atoms with Crippen molar-refractivity contribution in [2.75, 3.05) is 19.3 Å². The van der Waals surface area contributed by atoms with Gasteiger partial charge in [-0.1, -0.05) is 18.2 Å². The molecular formula is C14H14N2O5. The lowest BCUT2D eigenvalue weighted by Crippen LogP contribution is -2.33. The van der Waals surface area contributed by atoms with Gasteiger partial charge in [-0.3, -0.25) is 0 Å². The first kappa shape index (κ1) is 14.4. The minimum Gasteiger partial charge on any atom is -0.496 e. The van der Waals surface area contributed by atoms with Crippen molar-refractivity contribution in [3.8, 4) is 17.5 Å². The minimum atomic E-state index is -1.27. The highest BCUT2D eigenvalue weighted by molar-refractivity contribution is 5.83. The third-order valence-electron chi connectivity index (χ3n) is 2.55. The molecule has 2 aromatic rings. The molecule has 0 saturated carbocycles. The molecule has 2 rings (SSSR count). The molecular weight excluding hydrogens is 276 g/mol. The normalized spacial score (nSPS) is 9.81. The number of ether oxygens (including phenoxy) is 2. The average molecular weight is 290 g/mol. The van der Waals surface area contributed by atoms with E-state index in [1.165, 1.54) is 20.3 Å². The Bertz CT molecular complexity index is 596. The van der Waals surface area contributed by atoms with Crippen LogP contribution in [-0.4, -0.2) is 30.4 Å². The van der Waals surface area contributed by atoms with Gasteiger partial charge >= 0.3 is 6.09 Å². The summed E-state index contributed by atoms with van der Waals surface area (Å²) in [6.45, 7) is 0. The zero-order valence-electron chi connectivity index (χ0n) is 11.5. The molecule has 0 saturated heterocycles. The summed E-state index contributed by atoms with van der Waals surface area (Å²) in [5.74, 6) is 0.732. The van der Waals surface area contributed by atoms with Gasteiger partial charge in [-0.05, 0) is 12.1 Å². The number of nitrogens with zero attached hydrogens (tertiary/aromatic N) is 2. The summed E-state index contributed by atoms with van der Waals surface area (Å²) in [6.07, 6.45) is -1.27. The van der Waals surface area contributed by atoms with E-state index in [1.54, 1.807) is 36.4 Å². The summed E-state index contributed by atoms with van der Waals surface area (Å²) in [4.78, 5) is 20.7. The second kappa shape index (κ2) is 6.47. The van der Waals surface area contributed by atoms with Gasteiger partial charge in [0.2, 0.25) is 5.88 Å². The number of amides is 1. The van der Waals surface area contributed by atoms with Crippen molar-refractivity contribution < 1.29 is 24.2 Å². The van der Waals surface area contributed by atoms with Crippen molar-refractivity contribution in [3.05, 3.63) is 42.5 Å². The zero-order chi connectivity index (χ0) is 15.2. The van der Waals surface area contributed by atoms with Crippen LogP contribution in [0.5, 0.6) is 17.5 Å². The Kier molecular flexibility index (Phi) is 4.45. The van der Waals surface area contributed by atoms with Crippen molar-refractivity contribution in [1.82, 2.24) is 4.98 Å². The average Bonchev–Trinajstić information content (AvgIpc) is 2.52.